The largest absolute Gasteiger partial charge is 0.325 e. The van der Waals surface area contributed by atoms with Gasteiger partial charge < -0.3 is 15.5 Å². The van der Waals surface area contributed by atoms with E-state index in [4.69, 9.17) is 0 Å². The highest BCUT2D eigenvalue weighted by atomic mass is 19.1. The van der Waals surface area contributed by atoms with E-state index in [1.165, 1.54) is 18.6 Å². The molecule has 2 rings (SSSR count). The first kappa shape index (κ1) is 15.9. The summed E-state index contributed by atoms with van der Waals surface area (Å²) in [5, 5.41) is 5.99. The standard InChI is InChI=1S/C16H24FN3O/c1-2-8-20-9-6-14(7-10-20)18-12-16(21)19-15-5-3-4-13(17)11-15/h3-5,11,14,18H,2,6-10,12H2,1H3,(H,19,21). The molecule has 1 aliphatic rings. The van der Waals surface area contributed by atoms with Gasteiger partial charge in [0.1, 0.15) is 5.82 Å². The predicted octanol–water partition coefficient (Wildman–Crippen LogP) is 2.23. The Labute approximate surface area is 125 Å². The molecule has 0 saturated carbocycles. The molecule has 0 spiro atoms. The molecular weight excluding hydrogens is 269 g/mol. The lowest BCUT2D eigenvalue weighted by Crippen LogP contribution is -2.44. The third-order valence-corrected chi connectivity index (χ3v) is 3.79. The van der Waals surface area contributed by atoms with E-state index in [0.29, 0.717) is 11.7 Å². The van der Waals surface area contributed by atoms with Crippen LogP contribution in [0.5, 0.6) is 0 Å². The number of hydrogen-bond acceptors (Lipinski definition) is 3. The molecule has 0 atom stereocenters. The third-order valence-electron chi connectivity index (χ3n) is 3.79. The second-order valence-electron chi connectivity index (χ2n) is 5.56. The molecule has 1 heterocycles. The van der Waals surface area contributed by atoms with Crippen LogP contribution < -0.4 is 10.6 Å². The molecule has 1 aromatic carbocycles. The average molecular weight is 293 g/mol. The number of piperidine rings is 1. The van der Waals surface area contributed by atoms with Crippen LogP contribution >= 0.6 is 0 Å². The summed E-state index contributed by atoms with van der Waals surface area (Å²) in [6.45, 7) is 5.82. The van der Waals surface area contributed by atoms with E-state index in [1.807, 2.05) is 0 Å². The summed E-state index contributed by atoms with van der Waals surface area (Å²) in [7, 11) is 0. The van der Waals surface area contributed by atoms with E-state index < -0.39 is 0 Å². The number of rotatable bonds is 6. The van der Waals surface area contributed by atoms with Gasteiger partial charge in [0.05, 0.1) is 6.54 Å². The molecule has 0 unspecified atom stereocenters. The number of nitrogens with one attached hydrogen (secondary N) is 2. The topological polar surface area (TPSA) is 44.4 Å². The van der Waals surface area contributed by atoms with Crippen LogP contribution in [0.25, 0.3) is 0 Å². The second kappa shape index (κ2) is 8.10. The van der Waals surface area contributed by atoms with E-state index in [1.54, 1.807) is 12.1 Å². The minimum atomic E-state index is -0.343. The van der Waals surface area contributed by atoms with Crippen LogP contribution in [0.1, 0.15) is 26.2 Å². The van der Waals surface area contributed by atoms with Crippen molar-refractivity contribution in [2.45, 2.75) is 32.2 Å². The molecule has 21 heavy (non-hydrogen) atoms. The molecule has 0 aliphatic carbocycles. The number of amides is 1. The number of hydrogen-bond donors (Lipinski definition) is 2. The van der Waals surface area contributed by atoms with Gasteiger partial charge in [0, 0.05) is 11.7 Å². The lowest BCUT2D eigenvalue weighted by molar-refractivity contribution is -0.115. The minimum Gasteiger partial charge on any atom is -0.325 e. The molecule has 0 bridgehead atoms. The number of anilines is 1. The lowest BCUT2D eigenvalue weighted by Gasteiger charge is -2.32. The number of likely N-dealkylation sites (tertiary alicyclic amines) is 1. The van der Waals surface area contributed by atoms with Gasteiger partial charge in [-0.25, -0.2) is 4.39 Å². The fourth-order valence-corrected chi connectivity index (χ4v) is 2.69. The number of nitrogens with zero attached hydrogens (tertiary/aromatic N) is 1. The molecule has 116 valence electrons. The first-order valence-corrected chi connectivity index (χ1v) is 7.68. The van der Waals surface area contributed by atoms with E-state index >= 15 is 0 Å². The Morgan fingerprint density at radius 1 is 1.38 bits per heavy atom. The summed E-state index contributed by atoms with van der Waals surface area (Å²) in [5.74, 6) is -0.472. The fourth-order valence-electron chi connectivity index (χ4n) is 2.69. The van der Waals surface area contributed by atoms with Gasteiger partial charge in [-0.15, -0.1) is 0 Å². The zero-order valence-corrected chi connectivity index (χ0v) is 12.6. The Bertz CT molecular complexity index is 459. The van der Waals surface area contributed by atoms with Crippen LogP contribution in [-0.2, 0) is 4.79 Å². The predicted molar refractivity (Wildman–Crippen MR) is 82.8 cm³/mol. The van der Waals surface area contributed by atoms with Crippen LogP contribution in [0.4, 0.5) is 10.1 Å². The maximum Gasteiger partial charge on any atom is 0.238 e. The Morgan fingerprint density at radius 2 is 2.14 bits per heavy atom. The van der Waals surface area contributed by atoms with Crippen LogP contribution in [-0.4, -0.2) is 43.0 Å². The first-order chi connectivity index (χ1) is 10.2. The number of carbonyl (C=O) groups is 1. The molecule has 1 fully saturated rings. The molecule has 1 saturated heterocycles. The Kier molecular flexibility index (Phi) is 6.14. The van der Waals surface area contributed by atoms with E-state index in [-0.39, 0.29) is 18.3 Å². The van der Waals surface area contributed by atoms with Crippen molar-refractivity contribution in [1.29, 1.82) is 0 Å². The van der Waals surface area contributed by atoms with Crippen molar-refractivity contribution < 1.29 is 9.18 Å². The number of carbonyl (C=O) groups excluding carboxylic acids is 1. The van der Waals surface area contributed by atoms with Gasteiger partial charge in [0.15, 0.2) is 0 Å². The zero-order chi connectivity index (χ0) is 15.1. The molecule has 2 N–H and O–H groups in total. The minimum absolute atomic E-state index is 0.128. The maximum atomic E-state index is 13.0. The van der Waals surface area contributed by atoms with Crippen LogP contribution in [0.15, 0.2) is 24.3 Å². The molecule has 1 aromatic rings. The van der Waals surface area contributed by atoms with Crippen molar-refractivity contribution in [3.05, 3.63) is 30.1 Å². The summed E-state index contributed by atoms with van der Waals surface area (Å²) >= 11 is 0. The SMILES string of the molecule is CCCN1CCC(NCC(=O)Nc2cccc(F)c2)CC1. The van der Waals surface area contributed by atoms with Gasteiger partial charge in [0.25, 0.3) is 0 Å². The van der Waals surface area contributed by atoms with Crippen LogP contribution in [0.2, 0.25) is 0 Å². The fraction of sp³-hybridized carbons (Fsp3) is 0.562. The Morgan fingerprint density at radius 3 is 2.81 bits per heavy atom. The molecule has 1 amide bonds. The second-order valence-corrected chi connectivity index (χ2v) is 5.56. The van der Waals surface area contributed by atoms with Gasteiger partial charge in [-0.2, -0.15) is 0 Å². The Hall–Kier alpha value is -1.46. The molecular formula is C16H24FN3O. The summed E-state index contributed by atoms with van der Waals surface area (Å²) in [6.07, 6.45) is 3.34. The third kappa shape index (κ3) is 5.44. The maximum absolute atomic E-state index is 13.0. The highest BCUT2D eigenvalue weighted by molar-refractivity contribution is 5.92. The first-order valence-electron chi connectivity index (χ1n) is 7.68. The highest BCUT2D eigenvalue weighted by Gasteiger charge is 2.18. The van der Waals surface area contributed by atoms with Crippen molar-refractivity contribution in [1.82, 2.24) is 10.2 Å². The number of halogens is 1. The summed E-state index contributed by atoms with van der Waals surface area (Å²) < 4.78 is 13.0. The Balaban J connectivity index is 1.68. The quantitative estimate of drug-likeness (QED) is 0.845. The van der Waals surface area contributed by atoms with Crippen molar-refractivity contribution in [2.24, 2.45) is 0 Å². The summed E-state index contributed by atoms with van der Waals surface area (Å²) in [6, 6.07) is 6.35. The van der Waals surface area contributed by atoms with Gasteiger partial charge >= 0.3 is 0 Å². The summed E-state index contributed by atoms with van der Waals surface area (Å²) in [4.78, 5) is 14.3. The monoisotopic (exact) mass is 293 g/mol. The van der Waals surface area contributed by atoms with Gasteiger partial charge in [-0.05, 0) is 57.1 Å². The molecule has 0 aromatic heterocycles. The molecule has 5 heteroatoms. The van der Waals surface area contributed by atoms with E-state index in [9.17, 15) is 9.18 Å². The van der Waals surface area contributed by atoms with E-state index in [0.717, 1.165) is 32.5 Å². The van der Waals surface area contributed by atoms with Gasteiger partial charge in [-0.1, -0.05) is 13.0 Å². The van der Waals surface area contributed by atoms with Crippen molar-refractivity contribution in [3.8, 4) is 0 Å². The van der Waals surface area contributed by atoms with Gasteiger partial charge in [0.2, 0.25) is 5.91 Å². The van der Waals surface area contributed by atoms with E-state index in [2.05, 4.69) is 22.5 Å². The van der Waals surface area contributed by atoms with Crippen molar-refractivity contribution in [3.63, 3.8) is 0 Å². The van der Waals surface area contributed by atoms with Crippen molar-refractivity contribution in [2.75, 3.05) is 31.5 Å². The van der Waals surface area contributed by atoms with Crippen LogP contribution in [0.3, 0.4) is 0 Å². The van der Waals surface area contributed by atoms with Crippen LogP contribution in [0, 0.1) is 5.82 Å². The molecule has 1 aliphatic heterocycles. The zero-order valence-electron chi connectivity index (χ0n) is 12.6. The summed E-state index contributed by atoms with van der Waals surface area (Å²) in [5.41, 5.74) is 0.500. The van der Waals surface area contributed by atoms with Crippen molar-refractivity contribution >= 4 is 11.6 Å². The lowest BCUT2D eigenvalue weighted by atomic mass is 10.0. The normalized spacial score (nSPS) is 16.9. The smallest absolute Gasteiger partial charge is 0.238 e. The van der Waals surface area contributed by atoms with Gasteiger partial charge in [-0.3, -0.25) is 4.79 Å². The molecule has 0 radical (unpaired) electrons. The molecule has 4 nitrogen and oxygen atoms in total. The average Bonchev–Trinajstić information content (AvgIpc) is 2.47. The highest BCUT2D eigenvalue weighted by Crippen LogP contribution is 2.11. The number of benzene rings is 1.